The highest BCUT2D eigenvalue weighted by molar-refractivity contribution is 5.85. The lowest BCUT2D eigenvalue weighted by molar-refractivity contribution is 0.313. The lowest BCUT2D eigenvalue weighted by Crippen LogP contribution is -2.08. The molecule has 86 valence electrons. The molecule has 0 aromatic heterocycles. The third-order valence-electron chi connectivity index (χ3n) is 1.91. The summed E-state index contributed by atoms with van der Waals surface area (Å²) in [5.74, 6) is 0.926. The summed E-state index contributed by atoms with van der Waals surface area (Å²) >= 11 is 0. The predicted octanol–water partition coefficient (Wildman–Crippen LogP) is 2.20. The van der Waals surface area contributed by atoms with Crippen molar-refractivity contribution in [3.8, 4) is 5.75 Å². The third-order valence-corrected chi connectivity index (χ3v) is 1.91. The average Bonchev–Trinajstić information content (AvgIpc) is 2.17. The molecule has 0 aliphatic rings. The number of nitrogens with two attached hydrogens (primary N) is 1. The summed E-state index contributed by atoms with van der Waals surface area (Å²) in [6.45, 7) is 3.62. The van der Waals surface area contributed by atoms with Gasteiger partial charge in [0.25, 0.3) is 0 Å². The number of rotatable bonds is 5. The lowest BCUT2D eigenvalue weighted by Gasteiger charge is -2.11. The number of benzene rings is 1. The molecule has 0 radical (unpaired) electrons. The standard InChI is InChI=1S/C11H18N2O.ClH/c1-3-6-14-11-5-4-10(12)7-9(11)8-13-2;/h4-5,7,13H,3,6,8,12H2,1-2H3;1H. The topological polar surface area (TPSA) is 47.3 Å². The fourth-order valence-electron chi connectivity index (χ4n) is 1.28. The summed E-state index contributed by atoms with van der Waals surface area (Å²) in [6.07, 6.45) is 1.02. The maximum Gasteiger partial charge on any atom is 0.123 e. The van der Waals surface area contributed by atoms with Crippen LogP contribution in [0.15, 0.2) is 18.2 Å². The van der Waals surface area contributed by atoms with Gasteiger partial charge < -0.3 is 15.8 Å². The summed E-state index contributed by atoms with van der Waals surface area (Å²) in [6, 6.07) is 5.74. The first kappa shape index (κ1) is 14.1. The van der Waals surface area contributed by atoms with Gasteiger partial charge in [-0.15, -0.1) is 12.4 Å². The Morgan fingerprint density at radius 2 is 2.13 bits per heavy atom. The molecule has 0 atom stereocenters. The van der Waals surface area contributed by atoms with Crippen molar-refractivity contribution in [2.24, 2.45) is 0 Å². The van der Waals surface area contributed by atoms with Crippen LogP contribution in [-0.4, -0.2) is 13.7 Å². The van der Waals surface area contributed by atoms with E-state index < -0.39 is 0 Å². The molecule has 0 saturated carbocycles. The van der Waals surface area contributed by atoms with Crippen LogP contribution in [0.1, 0.15) is 18.9 Å². The zero-order chi connectivity index (χ0) is 10.4. The van der Waals surface area contributed by atoms with Crippen LogP contribution in [0.2, 0.25) is 0 Å². The van der Waals surface area contributed by atoms with Crippen LogP contribution in [0, 0.1) is 0 Å². The van der Waals surface area contributed by atoms with E-state index in [9.17, 15) is 0 Å². The second kappa shape index (κ2) is 7.37. The average molecular weight is 231 g/mol. The molecular weight excluding hydrogens is 212 g/mol. The van der Waals surface area contributed by atoms with Gasteiger partial charge in [0.05, 0.1) is 6.61 Å². The van der Waals surface area contributed by atoms with E-state index in [1.54, 1.807) is 0 Å². The first-order chi connectivity index (χ1) is 6.77. The molecule has 0 saturated heterocycles. The normalized spacial score (nSPS) is 9.47. The van der Waals surface area contributed by atoms with E-state index in [1.165, 1.54) is 0 Å². The number of ether oxygens (including phenoxy) is 1. The number of halogens is 1. The van der Waals surface area contributed by atoms with Gasteiger partial charge in [-0.25, -0.2) is 0 Å². The van der Waals surface area contributed by atoms with Gasteiger partial charge in [0.1, 0.15) is 5.75 Å². The number of hydrogen-bond donors (Lipinski definition) is 2. The van der Waals surface area contributed by atoms with Gasteiger partial charge >= 0.3 is 0 Å². The van der Waals surface area contributed by atoms with Crippen molar-refractivity contribution in [2.75, 3.05) is 19.4 Å². The SMILES string of the molecule is CCCOc1ccc(N)cc1CNC.Cl. The first-order valence-electron chi connectivity index (χ1n) is 4.93. The van der Waals surface area contributed by atoms with Gasteiger partial charge in [-0.2, -0.15) is 0 Å². The van der Waals surface area contributed by atoms with E-state index in [0.717, 1.165) is 36.6 Å². The molecule has 0 amide bonds. The van der Waals surface area contributed by atoms with Crippen LogP contribution in [0.25, 0.3) is 0 Å². The van der Waals surface area contributed by atoms with Crippen LogP contribution in [-0.2, 0) is 6.54 Å². The summed E-state index contributed by atoms with van der Waals surface area (Å²) < 4.78 is 5.60. The van der Waals surface area contributed by atoms with Crippen molar-refractivity contribution in [2.45, 2.75) is 19.9 Å². The van der Waals surface area contributed by atoms with Gasteiger partial charge in [0, 0.05) is 17.8 Å². The number of hydrogen-bond acceptors (Lipinski definition) is 3. The largest absolute Gasteiger partial charge is 0.493 e. The van der Waals surface area contributed by atoms with Gasteiger partial charge in [-0.3, -0.25) is 0 Å². The Labute approximate surface area is 97.4 Å². The highest BCUT2D eigenvalue weighted by atomic mass is 35.5. The smallest absolute Gasteiger partial charge is 0.123 e. The molecule has 1 aromatic rings. The molecule has 0 aliphatic carbocycles. The molecule has 4 heteroatoms. The monoisotopic (exact) mass is 230 g/mol. The molecule has 0 unspecified atom stereocenters. The van der Waals surface area contributed by atoms with E-state index in [1.807, 2.05) is 25.2 Å². The minimum Gasteiger partial charge on any atom is -0.493 e. The first-order valence-corrected chi connectivity index (χ1v) is 4.93. The van der Waals surface area contributed by atoms with E-state index in [2.05, 4.69) is 12.2 Å². The maximum absolute atomic E-state index is 5.70. The van der Waals surface area contributed by atoms with Crippen molar-refractivity contribution >= 4 is 18.1 Å². The molecule has 1 aromatic carbocycles. The molecule has 15 heavy (non-hydrogen) atoms. The molecule has 3 nitrogen and oxygen atoms in total. The van der Waals surface area contributed by atoms with Gasteiger partial charge in [-0.05, 0) is 31.7 Å². The zero-order valence-corrected chi connectivity index (χ0v) is 10.1. The lowest BCUT2D eigenvalue weighted by atomic mass is 10.2. The Morgan fingerprint density at radius 1 is 1.40 bits per heavy atom. The number of anilines is 1. The van der Waals surface area contributed by atoms with Crippen molar-refractivity contribution in [3.05, 3.63) is 23.8 Å². The van der Waals surface area contributed by atoms with E-state index >= 15 is 0 Å². The summed E-state index contributed by atoms with van der Waals surface area (Å²) in [5, 5.41) is 3.09. The summed E-state index contributed by atoms with van der Waals surface area (Å²) in [5.41, 5.74) is 7.59. The van der Waals surface area contributed by atoms with Crippen LogP contribution >= 0.6 is 12.4 Å². The molecule has 3 N–H and O–H groups in total. The molecule has 1 rings (SSSR count). The summed E-state index contributed by atoms with van der Waals surface area (Å²) in [7, 11) is 1.91. The Kier molecular flexibility index (Phi) is 6.92. The Bertz CT molecular complexity index is 292. The van der Waals surface area contributed by atoms with Gasteiger partial charge in [0.2, 0.25) is 0 Å². The van der Waals surface area contributed by atoms with Crippen molar-refractivity contribution in [1.29, 1.82) is 0 Å². The maximum atomic E-state index is 5.70. The van der Waals surface area contributed by atoms with Crippen LogP contribution < -0.4 is 15.8 Å². The van der Waals surface area contributed by atoms with E-state index in [0.29, 0.717) is 0 Å². The summed E-state index contributed by atoms with van der Waals surface area (Å²) in [4.78, 5) is 0. The molecule has 0 spiro atoms. The Balaban J connectivity index is 0.00000196. The highest BCUT2D eigenvalue weighted by Crippen LogP contribution is 2.21. The van der Waals surface area contributed by atoms with Crippen molar-refractivity contribution in [3.63, 3.8) is 0 Å². The van der Waals surface area contributed by atoms with Gasteiger partial charge in [-0.1, -0.05) is 6.92 Å². The molecule has 0 bridgehead atoms. The minimum atomic E-state index is 0. The third kappa shape index (κ3) is 4.40. The Hall–Kier alpha value is -0.930. The van der Waals surface area contributed by atoms with Crippen molar-refractivity contribution < 1.29 is 4.74 Å². The quantitative estimate of drug-likeness (QED) is 0.763. The second-order valence-corrected chi connectivity index (χ2v) is 3.25. The fraction of sp³-hybridized carbons (Fsp3) is 0.455. The van der Waals surface area contributed by atoms with Crippen LogP contribution in [0.5, 0.6) is 5.75 Å². The molecular formula is C11H19ClN2O. The molecule has 0 fully saturated rings. The van der Waals surface area contributed by atoms with Crippen LogP contribution in [0.3, 0.4) is 0 Å². The van der Waals surface area contributed by atoms with E-state index in [4.69, 9.17) is 10.5 Å². The number of nitrogen functional groups attached to an aromatic ring is 1. The molecule has 0 aliphatic heterocycles. The predicted molar refractivity (Wildman–Crippen MR) is 66.7 cm³/mol. The van der Waals surface area contributed by atoms with Gasteiger partial charge in [0.15, 0.2) is 0 Å². The minimum absolute atomic E-state index is 0. The second-order valence-electron chi connectivity index (χ2n) is 3.25. The Morgan fingerprint density at radius 3 is 2.73 bits per heavy atom. The number of nitrogens with one attached hydrogen (secondary N) is 1. The van der Waals surface area contributed by atoms with Crippen molar-refractivity contribution in [1.82, 2.24) is 5.32 Å². The zero-order valence-electron chi connectivity index (χ0n) is 9.25. The fourth-order valence-corrected chi connectivity index (χ4v) is 1.28. The van der Waals surface area contributed by atoms with E-state index in [-0.39, 0.29) is 12.4 Å². The molecule has 0 heterocycles. The van der Waals surface area contributed by atoms with Crippen LogP contribution in [0.4, 0.5) is 5.69 Å². The highest BCUT2D eigenvalue weighted by Gasteiger charge is 2.02.